The minimum Gasteiger partial charge on any atom is -0.477 e. The Kier molecular flexibility index (Phi) is 3.10. The number of rotatable bonds is 3. The van der Waals surface area contributed by atoms with Gasteiger partial charge in [-0.15, -0.1) is 0 Å². The number of hydrogen-bond acceptors (Lipinski definition) is 4. The van der Waals surface area contributed by atoms with Crippen LogP contribution in [0.3, 0.4) is 0 Å². The lowest BCUT2D eigenvalue weighted by molar-refractivity contribution is 0.327. The maximum absolute atomic E-state index is 5.75. The van der Waals surface area contributed by atoms with Crippen LogP contribution in [0.2, 0.25) is 5.02 Å². The number of aromatic nitrogens is 2. The van der Waals surface area contributed by atoms with Crippen LogP contribution in [0.1, 0.15) is 6.92 Å². The molecule has 12 heavy (non-hydrogen) atoms. The molecule has 0 fully saturated rings. The molecule has 1 rings (SSSR count). The van der Waals surface area contributed by atoms with Crippen LogP contribution in [-0.2, 0) is 0 Å². The Balaban J connectivity index is 2.91. The second kappa shape index (κ2) is 4.11. The molecule has 5 heteroatoms. The molecule has 0 radical (unpaired) electrons. The average Bonchev–Trinajstić information content (AvgIpc) is 2.09. The lowest BCUT2D eigenvalue weighted by atomic mass is 10.6. The first-order valence-corrected chi connectivity index (χ1v) is 3.98. The zero-order chi connectivity index (χ0) is 8.97. The highest BCUT2D eigenvalue weighted by molar-refractivity contribution is 6.31. The molecule has 1 heterocycles. The van der Waals surface area contributed by atoms with Crippen LogP contribution in [0.5, 0.6) is 5.88 Å². The third-order valence-corrected chi connectivity index (χ3v) is 1.48. The van der Waals surface area contributed by atoms with E-state index in [0.717, 1.165) is 0 Å². The summed E-state index contributed by atoms with van der Waals surface area (Å²) in [5.41, 5.74) is 0. The molecule has 0 saturated heterocycles. The van der Waals surface area contributed by atoms with Gasteiger partial charge >= 0.3 is 0 Å². The first-order valence-electron chi connectivity index (χ1n) is 3.61. The second-order valence-electron chi connectivity index (χ2n) is 2.03. The van der Waals surface area contributed by atoms with Crippen molar-refractivity contribution in [2.75, 3.05) is 19.0 Å². The fourth-order valence-corrected chi connectivity index (χ4v) is 0.855. The van der Waals surface area contributed by atoms with E-state index in [1.54, 1.807) is 7.05 Å². The Bertz CT molecular complexity index is 267. The summed E-state index contributed by atoms with van der Waals surface area (Å²) in [6, 6.07) is 0. The monoisotopic (exact) mass is 187 g/mol. The van der Waals surface area contributed by atoms with Gasteiger partial charge in [0.15, 0.2) is 0 Å². The maximum atomic E-state index is 5.75. The predicted octanol–water partition coefficient (Wildman–Crippen LogP) is 1.57. The number of nitrogens with zero attached hydrogens (tertiary/aromatic N) is 2. The molecule has 0 atom stereocenters. The molecule has 0 aliphatic heterocycles. The van der Waals surface area contributed by atoms with Gasteiger partial charge in [-0.1, -0.05) is 11.6 Å². The quantitative estimate of drug-likeness (QED) is 0.781. The van der Waals surface area contributed by atoms with Gasteiger partial charge in [0.1, 0.15) is 5.02 Å². The number of hydrogen-bond donors (Lipinski definition) is 1. The van der Waals surface area contributed by atoms with Crippen LogP contribution in [0, 0.1) is 0 Å². The fourth-order valence-electron chi connectivity index (χ4n) is 0.710. The molecule has 1 aromatic heterocycles. The average molecular weight is 188 g/mol. The Labute approximate surface area is 75.9 Å². The van der Waals surface area contributed by atoms with Gasteiger partial charge in [0.2, 0.25) is 11.8 Å². The third-order valence-electron chi connectivity index (χ3n) is 1.22. The van der Waals surface area contributed by atoms with E-state index in [9.17, 15) is 0 Å². The molecule has 0 amide bonds. The fraction of sp³-hybridized carbons (Fsp3) is 0.429. The van der Waals surface area contributed by atoms with Crippen LogP contribution in [0.25, 0.3) is 0 Å². The summed E-state index contributed by atoms with van der Waals surface area (Å²) in [6.45, 7) is 2.41. The topological polar surface area (TPSA) is 47.0 Å². The standard InChI is InChI=1S/C7H10ClN3O/c1-3-12-6-5(8)4-10-7(9-2)11-6/h4H,3H2,1-2H3,(H,9,10,11). The van der Waals surface area contributed by atoms with Crippen molar-refractivity contribution in [3.63, 3.8) is 0 Å². The zero-order valence-electron chi connectivity index (χ0n) is 6.97. The van der Waals surface area contributed by atoms with Gasteiger partial charge in [-0.25, -0.2) is 4.98 Å². The van der Waals surface area contributed by atoms with Gasteiger partial charge in [0.25, 0.3) is 0 Å². The van der Waals surface area contributed by atoms with Crippen molar-refractivity contribution in [3.8, 4) is 5.88 Å². The highest BCUT2D eigenvalue weighted by Gasteiger charge is 2.03. The zero-order valence-corrected chi connectivity index (χ0v) is 7.72. The minimum absolute atomic E-state index is 0.415. The van der Waals surface area contributed by atoms with Gasteiger partial charge in [0, 0.05) is 7.05 Å². The van der Waals surface area contributed by atoms with Crippen LogP contribution >= 0.6 is 11.6 Å². The summed E-state index contributed by atoms with van der Waals surface area (Å²) in [7, 11) is 1.74. The molecule has 1 N–H and O–H groups in total. The number of anilines is 1. The van der Waals surface area contributed by atoms with Gasteiger partial charge in [-0.2, -0.15) is 4.98 Å². The molecular weight excluding hydrogens is 178 g/mol. The maximum Gasteiger partial charge on any atom is 0.237 e. The van der Waals surface area contributed by atoms with Crippen molar-refractivity contribution in [2.24, 2.45) is 0 Å². The molecule has 1 aromatic rings. The summed E-state index contributed by atoms with van der Waals surface area (Å²) >= 11 is 5.75. The summed E-state index contributed by atoms with van der Waals surface area (Å²) in [5.74, 6) is 0.918. The van der Waals surface area contributed by atoms with Crippen molar-refractivity contribution in [1.82, 2.24) is 9.97 Å². The van der Waals surface area contributed by atoms with Crippen LogP contribution < -0.4 is 10.1 Å². The lowest BCUT2D eigenvalue weighted by Crippen LogP contribution is -2.00. The molecule has 4 nitrogen and oxygen atoms in total. The molecule has 0 saturated carbocycles. The highest BCUT2D eigenvalue weighted by atomic mass is 35.5. The molecule has 0 aliphatic rings. The molecule has 66 valence electrons. The highest BCUT2D eigenvalue weighted by Crippen LogP contribution is 2.21. The SMILES string of the molecule is CCOc1nc(NC)ncc1Cl. The van der Waals surface area contributed by atoms with E-state index in [0.29, 0.717) is 23.5 Å². The molecule has 0 aromatic carbocycles. The smallest absolute Gasteiger partial charge is 0.237 e. The molecule has 0 spiro atoms. The third kappa shape index (κ3) is 1.98. The van der Waals surface area contributed by atoms with E-state index in [-0.39, 0.29) is 0 Å². The summed E-state index contributed by atoms with van der Waals surface area (Å²) < 4.78 is 5.16. The molecule has 0 unspecified atom stereocenters. The number of halogens is 1. The first kappa shape index (κ1) is 9.06. The lowest BCUT2D eigenvalue weighted by Gasteiger charge is -2.04. The molecular formula is C7H10ClN3O. The second-order valence-corrected chi connectivity index (χ2v) is 2.44. The van der Waals surface area contributed by atoms with E-state index in [4.69, 9.17) is 16.3 Å². The summed E-state index contributed by atoms with van der Waals surface area (Å²) in [6.07, 6.45) is 1.51. The van der Waals surface area contributed by atoms with Crippen molar-refractivity contribution >= 4 is 17.5 Å². The van der Waals surface area contributed by atoms with E-state index < -0.39 is 0 Å². The van der Waals surface area contributed by atoms with Crippen molar-refractivity contribution in [1.29, 1.82) is 0 Å². The van der Waals surface area contributed by atoms with Gasteiger partial charge in [0.05, 0.1) is 12.8 Å². The largest absolute Gasteiger partial charge is 0.477 e. The van der Waals surface area contributed by atoms with Gasteiger partial charge in [-0.05, 0) is 6.92 Å². The van der Waals surface area contributed by atoms with Gasteiger partial charge < -0.3 is 10.1 Å². The summed E-state index contributed by atoms with van der Waals surface area (Å²) in [5, 5.41) is 3.22. The van der Waals surface area contributed by atoms with Crippen molar-refractivity contribution in [3.05, 3.63) is 11.2 Å². The Morgan fingerprint density at radius 1 is 1.67 bits per heavy atom. The Morgan fingerprint density at radius 3 is 3.00 bits per heavy atom. The van der Waals surface area contributed by atoms with E-state index in [1.165, 1.54) is 6.20 Å². The van der Waals surface area contributed by atoms with Gasteiger partial charge in [-0.3, -0.25) is 0 Å². The normalized spacial score (nSPS) is 9.58. The molecule has 0 bridgehead atoms. The van der Waals surface area contributed by atoms with E-state index >= 15 is 0 Å². The predicted molar refractivity (Wildman–Crippen MR) is 47.8 cm³/mol. The minimum atomic E-state index is 0.415. The van der Waals surface area contributed by atoms with Crippen LogP contribution in [0.15, 0.2) is 6.20 Å². The van der Waals surface area contributed by atoms with E-state index in [2.05, 4.69) is 15.3 Å². The number of nitrogens with one attached hydrogen (secondary N) is 1. The molecule has 0 aliphatic carbocycles. The van der Waals surface area contributed by atoms with E-state index in [1.807, 2.05) is 6.92 Å². The summed E-state index contributed by atoms with van der Waals surface area (Å²) in [4.78, 5) is 7.91. The first-order chi connectivity index (χ1) is 5.77. The Hall–Kier alpha value is -1.03. The van der Waals surface area contributed by atoms with Crippen LogP contribution in [-0.4, -0.2) is 23.6 Å². The Morgan fingerprint density at radius 2 is 2.42 bits per heavy atom. The van der Waals surface area contributed by atoms with Crippen molar-refractivity contribution in [2.45, 2.75) is 6.92 Å². The van der Waals surface area contributed by atoms with Crippen LogP contribution in [0.4, 0.5) is 5.95 Å². The number of ether oxygens (including phenoxy) is 1. The van der Waals surface area contributed by atoms with Crippen molar-refractivity contribution < 1.29 is 4.74 Å².